The van der Waals surface area contributed by atoms with Crippen LogP contribution in [0.5, 0.6) is 5.75 Å². The largest absolute Gasteiger partial charge is 0.497 e. The van der Waals surface area contributed by atoms with E-state index >= 15 is 0 Å². The highest BCUT2D eigenvalue weighted by Gasteiger charge is 2.33. The fraction of sp³-hybridized carbons (Fsp3) is 0.100. The number of rotatable bonds is 3. The molecule has 1 aliphatic heterocycles. The Kier molecular flexibility index (Phi) is 3.81. The van der Waals surface area contributed by atoms with Crippen molar-refractivity contribution in [3.63, 3.8) is 0 Å². The minimum Gasteiger partial charge on any atom is -0.497 e. The van der Waals surface area contributed by atoms with Crippen LogP contribution in [0.25, 0.3) is 21.6 Å². The lowest BCUT2D eigenvalue weighted by molar-refractivity contribution is 0.414. The molecule has 0 bridgehead atoms. The zero-order chi connectivity index (χ0) is 19.1. The Morgan fingerprint density at radius 2 is 2.04 bits per heavy atom. The molecule has 2 aromatic heterocycles. The van der Waals surface area contributed by atoms with Crippen molar-refractivity contribution < 1.29 is 4.74 Å². The van der Waals surface area contributed by atoms with Gasteiger partial charge in [-0.05, 0) is 29.3 Å². The number of benzene rings is 2. The molecule has 7 nitrogen and oxygen atoms in total. The highest BCUT2D eigenvalue weighted by atomic mass is 32.1. The topological polar surface area (TPSA) is 80.1 Å². The first-order valence-corrected chi connectivity index (χ1v) is 9.30. The van der Waals surface area contributed by atoms with E-state index < -0.39 is 0 Å². The van der Waals surface area contributed by atoms with E-state index in [1.54, 1.807) is 13.3 Å². The number of anilines is 1. The number of aromatic amines is 1. The Balaban J connectivity index is 1.78. The third-order valence-corrected chi connectivity index (χ3v) is 5.41. The number of hydrogen-bond donors (Lipinski definition) is 2. The van der Waals surface area contributed by atoms with Gasteiger partial charge in [0.1, 0.15) is 22.6 Å². The molecule has 8 heteroatoms. The second-order valence-corrected chi connectivity index (χ2v) is 6.87. The normalized spacial score (nSPS) is 15.8. The number of methoxy groups -OCH3 is 1. The average Bonchev–Trinajstić information content (AvgIpc) is 3.41. The molecule has 0 saturated heterocycles. The van der Waals surface area contributed by atoms with Crippen molar-refractivity contribution in [3.8, 4) is 5.75 Å². The molecule has 4 aromatic rings. The van der Waals surface area contributed by atoms with Gasteiger partial charge in [0.2, 0.25) is 5.70 Å². The Hall–Kier alpha value is -3.70. The monoisotopic (exact) mass is 386 g/mol. The van der Waals surface area contributed by atoms with Crippen LogP contribution in [0.3, 0.4) is 0 Å². The fourth-order valence-corrected chi connectivity index (χ4v) is 4.15. The molecule has 5 rings (SSSR count). The van der Waals surface area contributed by atoms with Crippen LogP contribution in [-0.4, -0.2) is 26.1 Å². The summed E-state index contributed by atoms with van der Waals surface area (Å²) < 4.78 is 14.2. The molecule has 1 unspecified atom stereocenters. The van der Waals surface area contributed by atoms with Gasteiger partial charge in [0.15, 0.2) is 0 Å². The van der Waals surface area contributed by atoms with Crippen LogP contribution in [0.15, 0.2) is 54.4 Å². The molecular weight excluding hydrogens is 372 g/mol. The van der Waals surface area contributed by atoms with Crippen LogP contribution in [0.2, 0.25) is 0 Å². The number of nitrogens with zero attached hydrogens (tertiary/aromatic N) is 4. The van der Waals surface area contributed by atoms with Crippen molar-refractivity contribution in [2.24, 2.45) is 0 Å². The van der Waals surface area contributed by atoms with E-state index in [1.807, 2.05) is 42.5 Å². The summed E-state index contributed by atoms with van der Waals surface area (Å²) in [6.07, 6.45) is 1.76. The van der Waals surface area contributed by atoms with E-state index in [9.17, 15) is 0 Å². The number of hydrogen-bond acceptors (Lipinski definition) is 6. The van der Waals surface area contributed by atoms with E-state index in [-0.39, 0.29) is 5.92 Å². The number of fused-ring (bicyclic) bond motifs is 2. The summed E-state index contributed by atoms with van der Waals surface area (Å²) in [6, 6.07) is 13.6. The first-order valence-electron chi connectivity index (χ1n) is 8.57. The Labute approximate surface area is 164 Å². The maximum atomic E-state index is 7.95. The predicted octanol–water partition coefficient (Wildman–Crippen LogP) is 4.27. The van der Waals surface area contributed by atoms with E-state index in [1.165, 1.54) is 11.7 Å². The first-order chi connectivity index (χ1) is 13.8. The molecule has 136 valence electrons. The van der Waals surface area contributed by atoms with Crippen molar-refractivity contribution in [1.29, 1.82) is 0 Å². The molecule has 3 heterocycles. The lowest BCUT2D eigenvalue weighted by Gasteiger charge is -2.26. The lowest BCUT2D eigenvalue weighted by atomic mass is 9.85. The van der Waals surface area contributed by atoms with Crippen LogP contribution in [-0.2, 0) is 0 Å². The maximum absolute atomic E-state index is 7.95. The highest BCUT2D eigenvalue weighted by Crippen LogP contribution is 2.45. The third-order valence-electron chi connectivity index (χ3n) is 4.87. The SMILES string of the molecule is [C-]#[N+]C1=C(c2cccc(OC)c2)Nc2[nH]ncc2C1c1cccc2nsnc12. The predicted molar refractivity (Wildman–Crippen MR) is 108 cm³/mol. The summed E-state index contributed by atoms with van der Waals surface area (Å²) >= 11 is 1.18. The summed E-state index contributed by atoms with van der Waals surface area (Å²) in [7, 11) is 1.63. The molecule has 2 N–H and O–H groups in total. The van der Waals surface area contributed by atoms with Crippen molar-refractivity contribution >= 4 is 34.3 Å². The van der Waals surface area contributed by atoms with Gasteiger partial charge in [0.25, 0.3) is 0 Å². The third kappa shape index (κ3) is 2.45. The molecule has 1 atom stereocenters. The lowest BCUT2D eigenvalue weighted by Crippen LogP contribution is -2.16. The smallest absolute Gasteiger partial charge is 0.200 e. The van der Waals surface area contributed by atoms with Crippen LogP contribution in [0.1, 0.15) is 22.6 Å². The molecule has 0 fully saturated rings. The Morgan fingerprint density at radius 3 is 2.89 bits per heavy atom. The molecule has 0 spiro atoms. The van der Waals surface area contributed by atoms with Gasteiger partial charge in [-0.3, -0.25) is 5.10 Å². The van der Waals surface area contributed by atoms with Crippen LogP contribution >= 0.6 is 11.7 Å². The van der Waals surface area contributed by atoms with Crippen molar-refractivity contribution in [3.05, 3.63) is 82.5 Å². The van der Waals surface area contributed by atoms with Gasteiger partial charge >= 0.3 is 0 Å². The molecule has 0 aliphatic carbocycles. The molecular formula is C20H14N6OS. The first kappa shape index (κ1) is 16.5. The molecule has 0 amide bonds. The summed E-state index contributed by atoms with van der Waals surface area (Å²) in [5.74, 6) is 1.21. The number of aromatic nitrogens is 4. The zero-order valence-corrected chi connectivity index (χ0v) is 15.6. The Morgan fingerprint density at radius 1 is 1.14 bits per heavy atom. The molecule has 1 aliphatic rings. The summed E-state index contributed by atoms with van der Waals surface area (Å²) in [5.41, 5.74) is 5.70. The quantitative estimate of drug-likeness (QED) is 0.514. The van der Waals surface area contributed by atoms with Crippen LogP contribution < -0.4 is 10.1 Å². The number of ether oxygens (including phenoxy) is 1. The van der Waals surface area contributed by atoms with E-state index in [0.29, 0.717) is 5.70 Å². The van der Waals surface area contributed by atoms with E-state index in [0.717, 1.165) is 45.0 Å². The summed E-state index contributed by atoms with van der Waals surface area (Å²) in [6.45, 7) is 7.95. The number of H-pyrrole nitrogens is 1. The van der Waals surface area contributed by atoms with Crippen molar-refractivity contribution in [2.75, 3.05) is 12.4 Å². The highest BCUT2D eigenvalue weighted by molar-refractivity contribution is 7.00. The van der Waals surface area contributed by atoms with Gasteiger partial charge in [-0.1, -0.05) is 24.3 Å². The molecule has 28 heavy (non-hydrogen) atoms. The number of allylic oxidation sites excluding steroid dienone is 1. The van der Waals surface area contributed by atoms with E-state index in [2.05, 4.69) is 29.1 Å². The summed E-state index contributed by atoms with van der Waals surface area (Å²) in [4.78, 5) is 3.93. The van der Waals surface area contributed by atoms with E-state index in [4.69, 9.17) is 11.3 Å². The second-order valence-electron chi connectivity index (χ2n) is 6.34. The maximum Gasteiger partial charge on any atom is 0.200 e. The van der Waals surface area contributed by atoms with Gasteiger partial charge < -0.3 is 10.1 Å². The van der Waals surface area contributed by atoms with Gasteiger partial charge in [-0.15, -0.1) is 0 Å². The van der Waals surface area contributed by atoms with Crippen LogP contribution in [0, 0.1) is 6.57 Å². The molecule has 2 aromatic carbocycles. The zero-order valence-electron chi connectivity index (χ0n) is 14.8. The fourth-order valence-electron chi connectivity index (χ4n) is 3.59. The number of nitrogens with one attached hydrogen (secondary N) is 2. The van der Waals surface area contributed by atoms with Crippen molar-refractivity contribution in [2.45, 2.75) is 5.92 Å². The minimum absolute atomic E-state index is 0.290. The Bertz CT molecular complexity index is 1260. The second kappa shape index (κ2) is 6.48. The summed E-state index contributed by atoms with van der Waals surface area (Å²) in [5, 5.41) is 10.6. The van der Waals surface area contributed by atoms with Crippen molar-refractivity contribution in [1.82, 2.24) is 18.9 Å². The minimum atomic E-state index is -0.290. The standard InChI is InChI=1S/C20H14N6OS/c1-21-19-16(13-7-4-8-15-18(13)26-28-25-15)14-10-22-24-20(14)23-17(19)11-5-3-6-12(9-11)27-2/h3-10,16H,2H3,(H2,22,23,24). The average molecular weight is 386 g/mol. The van der Waals surface area contributed by atoms with Gasteiger partial charge in [-0.25, -0.2) is 4.85 Å². The van der Waals surface area contributed by atoms with Gasteiger partial charge in [0, 0.05) is 11.3 Å². The molecule has 0 saturated carbocycles. The molecule has 0 radical (unpaired) electrons. The van der Waals surface area contributed by atoms with Gasteiger partial charge in [0.05, 0.1) is 37.5 Å². The van der Waals surface area contributed by atoms with Crippen LogP contribution in [0.4, 0.5) is 5.82 Å². The van der Waals surface area contributed by atoms with Gasteiger partial charge in [-0.2, -0.15) is 13.8 Å².